The minimum absolute atomic E-state index is 0.339. The van der Waals surface area contributed by atoms with Gasteiger partial charge in [-0.3, -0.25) is 4.68 Å². The lowest BCUT2D eigenvalue weighted by molar-refractivity contribution is -0.140. The van der Waals surface area contributed by atoms with Crippen molar-refractivity contribution in [1.29, 1.82) is 0 Å². The number of hydrogen-bond donors (Lipinski definition) is 1. The predicted octanol–water partition coefficient (Wildman–Crippen LogP) is 3.20. The number of halogens is 1. The molecule has 0 spiro atoms. The molecule has 19 heavy (non-hydrogen) atoms. The van der Waals surface area contributed by atoms with Crippen LogP contribution in [0, 0.1) is 5.41 Å². The maximum absolute atomic E-state index is 10.8. The van der Waals surface area contributed by atoms with Crippen LogP contribution in [0.5, 0.6) is 0 Å². The van der Waals surface area contributed by atoms with E-state index in [4.69, 9.17) is 4.74 Å². The summed E-state index contributed by atoms with van der Waals surface area (Å²) in [5.74, 6) is 0. The smallest absolute Gasteiger partial charge is 0.126 e. The van der Waals surface area contributed by atoms with Crippen LogP contribution in [-0.2, 0) is 11.8 Å². The molecular weight excluding hydrogens is 308 g/mol. The number of methoxy groups -OCH3 is 1. The second-order valence-corrected chi connectivity index (χ2v) is 7.19. The quantitative estimate of drug-likeness (QED) is 0.925. The van der Waals surface area contributed by atoms with E-state index in [1.165, 1.54) is 0 Å². The number of aryl methyl sites for hydroxylation is 1. The second-order valence-electron chi connectivity index (χ2n) is 6.34. The molecule has 0 saturated heterocycles. The zero-order valence-electron chi connectivity index (χ0n) is 12.1. The van der Waals surface area contributed by atoms with Crippen LogP contribution in [0.1, 0.15) is 51.3 Å². The van der Waals surface area contributed by atoms with Crippen molar-refractivity contribution in [2.75, 3.05) is 7.11 Å². The summed E-state index contributed by atoms with van der Waals surface area (Å²) in [4.78, 5) is 0. The Morgan fingerprint density at radius 3 is 2.37 bits per heavy atom. The lowest BCUT2D eigenvalue weighted by atomic mass is 9.68. The maximum atomic E-state index is 10.8. The summed E-state index contributed by atoms with van der Waals surface area (Å²) in [6.45, 7) is 4.55. The Morgan fingerprint density at radius 1 is 1.37 bits per heavy atom. The molecule has 108 valence electrons. The first kappa shape index (κ1) is 15.0. The Morgan fingerprint density at radius 2 is 1.95 bits per heavy atom. The third-order valence-corrected chi connectivity index (χ3v) is 5.16. The van der Waals surface area contributed by atoms with E-state index in [1.807, 2.05) is 7.05 Å². The van der Waals surface area contributed by atoms with E-state index in [2.05, 4.69) is 34.9 Å². The molecule has 1 saturated carbocycles. The van der Waals surface area contributed by atoms with Crippen LogP contribution in [0.15, 0.2) is 10.7 Å². The molecule has 1 unspecified atom stereocenters. The average Bonchev–Trinajstić information content (AvgIpc) is 2.69. The minimum Gasteiger partial charge on any atom is -0.384 e. The molecule has 1 aliphatic rings. The summed E-state index contributed by atoms with van der Waals surface area (Å²) in [6.07, 6.45) is 4.93. The van der Waals surface area contributed by atoms with Crippen molar-refractivity contribution in [3.63, 3.8) is 0 Å². The Hall–Kier alpha value is -0.390. The molecule has 4 nitrogen and oxygen atoms in total. The summed E-state index contributed by atoms with van der Waals surface area (Å²) in [5, 5.41) is 15.0. The van der Waals surface area contributed by atoms with Crippen LogP contribution >= 0.6 is 15.9 Å². The van der Waals surface area contributed by atoms with Gasteiger partial charge in [0.15, 0.2) is 0 Å². The summed E-state index contributed by atoms with van der Waals surface area (Å²) < 4.78 is 8.31. The van der Waals surface area contributed by atoms with Crippen LogP contribution in [0.25, 0.3) is 0 Å². The first-order valence-electron chi connectivity index (χ1n) is 6.72. The average molecular weight is 331 g/mol. The van der Waals surface area contributed by atoms with Crippen LogP contribution in [0.2, 0.25) is 0 Å². The van der Waals surface area contributed by atoms with Crippen molar-refractivity contribution in [3.05, 3.63) is 16.4 Å². The first-order valence-corrected chi connectivity index (χ1v) is 7.51. The molecule has 0 aliphatic heterocycles. The van der Waals surface area contributed by atoms with E-state index in [9.17, 15) is 5.11 Å². The normalized spacial score (nSPS) is 23.3. The van der Waals surface area contributed by atoms with Gasteiger partial charge in [0.2, 0.25) is 0 Å². The van der Waals surface area contributed by atoms with Gasteiger partial charge in [-0.15, -0.1) is 0 Å². The lowest BCUT2D eigenvalue weighted by Crippen LogP contribution is -2.44. The summed E-state index contributed by atoms with van der Waals surface area (Å²) in [5.41, 5.74) is 0.638. The fourth-order valence-corrected chi connectivity index (χ4v) is 3.48. The number of aromatic nitrogens is 2. The topological polar surface area (TPSA) is 47.3 Å². The van der Waals surface area contributed by atoms with E-state index < -0.39 is 11.7 Å². The van der Waals surface area contributed by atoms with Crippen molar-refractivity contribution in [2.24, 2.45) is 12.5 Å². The molecule has 0 amide bonds. The molecule has 1 aliphatic carbocycles. The summed E-state index contributed by atoms with van der Waals surface area (Å²) in [6, 6.07) is 0. The minimum atomic E-state index is -0.657. The monoisotopic (exact) mass is 330 g/mol. The number of ether oxygens (including phenoxy) is 1. The molecule has 0 aromatic carbocycles. The van der Waals surface area contributed by atoms with E-state index in [0.717, 1.165) is 35.8 Å². The largest absolute Gasteiger partial charge is 0.384 e. The third-order valence-electron chi connectivity index (χ3n) is 4.55. The van der Waals surface area contributed by atoms with Gasteiger partial charge < -0.3 is 9.84 Å². The van der Waals surface area contributed by atoms with E-state index in [0.29, 0.717) is 5.41 Å². The molecule has 0 radical (unpaired) electrons. The van der Waals surface area contributed by atoms with E-state index in [-0.39, 0.29) is 0 Å². The Bertz CT molecular complexity index is 427. The SMILES string of the molecule is COC1(C(O)c2c(Br)cnn2C)CCC(C)(C)CC1. The van der Waals surface area contributed by atoms with Gasteiger partial charge in [0.1, 0.15) is 6.10 Å². The van der Waals surface area contributed by atoms with Crippen molar-refractivity contribution in [2.45, 2.75) is 51.2 Å². The summed E-state index contributed by atoms with van der Waals surface area (Å²) >= 11 is 3.46. The molecule has 1 heterocycles. The van der Waals surface area contributed by atoms with Gasteiger partial charge in [0.25, 0.3) is 0 Å². The molecule has 1 fully saturated rings. The first-order chi connectivity index (χ1) is 8.81. The van der Waals surface area contributed by atoms with Gasteiger partial charge in [-0.25, -0.2) is 0 Å². The van der Waals surface area contributed by atoms with Crippen LogP contribution in [0.3, 0.4) is 0 Å². The lowest BCUT2D eigenvalue weighted by Gasteiger charge is -2.45. The highest BCUT2D eigenvalue weighted by atomic mass is 79.9. The standard InChI is InChI=1S/C14H23BrN2O2/c1-13(2)5-7-14(19-4,8-6-13)12(18)11-10(15)9-16-17(11)3/h9,12,18H,5-8H2,1-4H3. The third kappa shape index (κ3) is 2.73. The Kier molecular flexibility index (Phi) is 4.10. The maximum Gasteiger partial charge on any atom is 0.126 e. The van der Waals surface area contributed by atoms with E-state index in [1.54, 1.807) is 18.0 Å². The van der Waals surface area contributed by atoms with Gasteiger partial charge in [-0.1, -0.05) is 13.8 Å². The van der Waals surface area contributed by atoms with Crippen LogP contribution in [0.4, 0.5) is 0 Å². The highest BCUT2D eigenvalue weighted by molar-refractivity contribution is 9.10. The molecular formula is C14H23BrN2O2. The van der Waals surface area contributed by atoms with Crippen molar-refractivity contribution in [1.82, 2.24) is 9.78 Å². The Labute approximate surface area is 123 Å². The predicted molar refractivity (Wildman–Crippen MR) is 77.9 cm³/mol. The fraction of sp³-hybridized carbons (Fsp3) is 0.786. The fourth-order valence-electron chi connectivity index (χ4n) is 2.92. The number of nitrogens with zero attached hydrogens (tertiary/aromatic N) is 2. The van der Waals surface area contributed by atoms with Crippen LogP contribution < -0.4 is 0 Å². The zero-order chi connectivity index (χ0) is 14.3. The van der Waals surface area contributed by atoms with Gasteiger partial charge in [0, 0.05) is 14.2 Å². The van der Waals surface area contributed by atoms with Crippen molar-refractivity contribution >= 4 is 15.9 Å². The van der Waals surface area contributed by atoms with Gasteiger partial charge in [-0.05, 0) is 47.0 Å². The second kappa shape index (κ2) is 5.19. The number of aliphatic hydroxyl groups is 1. The van der Waals surface area contributed by atoms with Crippen molar-refractivity contribution < 1.29 is 9.84 Å². The molecule has 1 aromatic heterocycles. The molecule has 2 rings (SSSR count). The van der Waals surface area contributed by atoms with Gasteiger partial charge >= 0.3 is 0 Å². The van der Waals surface area contributed by atoms with Crippen molar-refractivity contribution in [3.8, 4) is 0 Å². The number of aliphatic hydroxyl groups excluding tert-OH is 1. The molecule has 5 heteroatoms. The molecule has 1 aromatic rings. The molecule has 0 bridgehead atoms. The number of hydrogen-bond acceptors (Lipinski definition) is 3. The van der Waals surface area contributed by atoms with Gasteiger partial charge in [-0.2, -0.15) is 5.10 Å². The van der Waals surface area contributed by atoms with E-state index >= 15 is 0 Å². The Balaban J connectivity index is 2.28. The summed E-state index contributed by atoms with van der Waals surface area (Å²) in [7, 11) is 3.55. The van der Waals surface area contributed by atoms with Gasteiger partial charge in [0.05, 0.1) is 22.0 Å². The number of rotatable bonds is 3. The molecule has 1 N–H and O–H groups in total. The molecule has 1 atom stereocenters. The highest BCUT2D eigenvalue weighted by Gasteiger charge is 2.45. The zero-order valence-corrected chi connectivity index (χ0v) is 13.7. The van der Waals surface area contributed by atoms with Crippen LogP contribution in [-0.4, -0.2) is 27.6 Å². The highest BCUT2D eigenvalue weighted by Crippen LogP contribution is 2.48.